The van der Waals surface area contributed by atoms with Crippen LogP contribution in [0.1, 0.15) is 19.8 Å². The Morgan fingerprint density at radius 1 is 1.73 bits per heavy atom. The van der Waals surface area contributed by atoms with Crippen LogP contribution in [-0.2, 0) is 4.74 Å². The lowest BCUT2D eigenvalue weighted by atomic mass is 10.4. The van der Waals surface area contributed by atoms with Gasteiger partial charge in [0.2, 0.25) is 5.88 Å². The van der Waals surface area contributed by atoms with Crippen LogP contribution in [0, 0.1) is 0 Å². The summed E-state index contributed by atoms with van der Waals surface area (Å²) in [5.74, 6) is 0.317. The molecule has 0 amide bonds. The van der Waals surface area contributed by atoms with E-state index in [1.165, 1.54) is 12.5 Å². The summed E-state index contributed by atoms with van der Waals surface area (Å²) in [6.45, 7) is 5.82. The molecule has 1 heterocycles. The average molecular weight is 210 g/mol. The van der Waals surface area contributed by atoms with Crippen LogP contribution in [0.4, 0.5) is 4.79 Å². The molecule has 0 radical (unpaired) electrons. The van der Waals surface area contributed by atoms with Crippen LogP contribution in [0.15, 0.2) is 25.1 Å². The SMILES string of the molecule is C=COc1ccn(C(=O)OCCCC)n1. The third kappa shape index (κ3) is 3.46. The average Bonchev–Trinajstić information content (AvgIpc) is 2.67. The highest BCUT2D eigenvalue weighted by Crippen LogP contribution is 2.05. The molecule has 0 aliphatic rings. The van der Waals surface area contributed by atoms with Crippen molar-refractivity contribution >= 4 is 6.09 Å². The zero-order valence-electron chi connectivity index (χ0n) is 8.68. The van der Waals surface area contributed by atoms with E-state index in [-0.39, 0.29) is 0 Å². The molecule has 0 aliphatic heterocycles. The van der Waals surface area contributed by atoms with Gasteiger partial charge < -0.3 is 9.47 Å². The van der Waals surface area contributed by atoms with Crippen LogP contribution in [0.2, 0.25) is 0 Å². The standard InChI is InChI=1S/C10H14N2O3/c1-3-5-8-15-10(13)12-7-6-9(11-12)14-4-2/h4,6-7H,2-3,5,8H2,1H3. The number of rotatable bonds is 5. The topological polar surface area (TPSA) is 53.4 Å². The molecule has 0 saturated carbocycles. The summed E-state index contributed by atoms with van der Waals surface area (Å²) in [6, 6.07) is 1.56. The Morgan fingerprint density at radius 3 is 3.20 bits per heavy atom. The molecule has 1 rings (SSSR count). The molecular weight excluding hydrogens is 196 g/mol. The van der Waals surface area contributed by atoms with Gasteiger partial charge >= 0.3 is 6.09 Å². The smallest absolute Gasteiger partial charge is 0.434 e. The highest BCUT2D eigenvalue weighted by Gasteiger charge is 2.07. The molecule has 0 aromatic carbocycles. The minimum absolute atomic E-state index is 0.317. The second kappa shape index (κ2) is 5.85. The highest BCUT2D eigenvalue weighted by molar-refractivity contribution is 5.69. The van der Waals surface area contributed by atoms with Crippen LogP contribution in [0.5, 0.6) is 5.88 Å². The molecule has 1 aromatic rings. The van der Waals surface area contributed by atoms with Crippen molar-refractivity contribution in [1.29, 1.82) is 0 Å². The summed E-state index contributed by atoms with van der Waals surface area (Å²) < 4.78 is 10.9. The van der Waals surface area contributed by atoms with Gasteiger partial charge in [0, 0.05) is 12.3 Å². The lowest BCUT2D eigenvalue weighted by molar-refractivity contribution is 0.142. The van der Waals surface area contributed by atoms with Crippen molar-refractivity contribution < 1.29 is 14.3 Å². The van der Waals surface area contributed by atoms with Gasteiger partial charge in [0.25, 0.3) is 0 Å². The van der Waals surface area contributed by atoms with E-state index >= 15 is 0 Å². The maximum absolute atomic E-state index is 11.3. The van der Waals surface area contributed by atoms with E-state index < -0.39 is 6.09 Å². The van der Waals surface area contributed by atoms with Gasteiger partial charge in [0.15, 0.2) is 0 Å². The molecule has 5 nitrogen and oxygen atoms in total. The maximum atomic E-state index is 11.3. The van der Waals surface area contributed by atoms with E-state index in [9.17, 15) is 4.79 Å². The van der Waals surface area contributed by atoms with Crippen molar-refractivity contribution in [2.45, 2.75) is 19.8 Å². The zero-order valence-corrected chi connectivity index (χ0v) is 8.68. The first-order valence-corrected chi connectivity index (χ1v) is 4.78. The van der Waals surface area contributed by atoms with Crippen molar-refractivity contribution in [2.75, 3.05) is 6.61 Å². The van der Waals surface area contributed by atoms with Gasteiger partial charge in [-0.15, -0.1) is 5.10 Å². The molecule has 0 unspecified atom stereocenters. The second-order valence-corrected chi connectivity index (χ2v) is 2.85. The first-order chi connectivity index (χ1) is 7.27. The van der Waals surface area contributed by atoms with Gasteiger partial charge in [0.05, 0.1) is 12.9 Å². The molecule has 5 heteroatoms. The summed E-state index contributed by atoms with van der Waals surface area (Å²) in [5.41, 5.74) is 0. The number of carbonyl (C=O) groups excluding carboxylic acids is 1. The fourth-order valence-corrected chi connectivity index (χ4v) is 0.927. The predicted molar refractivity (Wildman–Crippen MR) is 54.7 cm³/mol. The lowest BCUT2D eigenvalue weighted by Gasteiger charge is -2.02. The zero-order chi connectivity index (χ0) is 11.1. The van der Waals surface area contributed by atoms with Crippen molar-refractivity contribution in [3.63, 3.8) is 0 Å². The molecule has 0 fully saturated rings. The van der Waals surface area contributed by atoms with Gasteiger partial charge in [-0.2, -0.15) is 4.68 Å². The van der Waals surface area contributed by atoms with E-state index in [1.807, 2.05) is 6.92 Å². The number of hydrogen-bond acceptors (Lipinski definition) is 4. The van der Waals surface area contributed by atoms with Crippen molar-refractivity contribution in [2.24, 2.45) is 0 Å². The Balaban J connectivity index is 2.46. The largest absolute Gasteiger partial charge is 0.448 e. The van der Waals surface area contributed by atoms with E-state index in [0.717, 1.165) is 17.5 Å². The summed E-state index contributed by atoms with van der Waals surface area (Å²) in [7, 11) is 0. The highest BCUT2D eigenvalue weighted by atomic mass is 16.6. The Hall–Kier alpha value is -1.78. The Bertz CT molecular complexity index is 333. The number of carbonyl (C=O) groups is 1. The van der Waals surface area contributed by atoms with Crippen LogP contribution in [0.3, 0.4) is 0 Å². The van der Waals surface area contributed by atoms with Crippen molar-refractivity contribution in [3.05, 3.63) is 25.1 Å². The molecule has 1 aromatic heterocycles. The minimum Gasteiger partial charge on any atom is -0.448 e. The molecular formula is C10H14N2O3. The summed E-state index contributed by atoms with van der Waals surface area (Å²) in [5, 5.41) is 3.83. The number of unbranched alkanes of at least 4 members (excludes halogenated alkanes) is 1. The molecule has 0 spiro atoms. The first kappa shape index (κ1) is 11.3. The monoisotopic (exact) mass is 210 g/mol. The maximum Gasteiger partial charge on any atom is 0.434 e. The fraction of sp³-hybridized carbons (Fsp3) is 0.400. The minimum atomic E-state index is -0.498. The molecule has 0 bridgehead atoms. The number of aromatic nitrogens is 2. The van der Waals surface area contributed by atoms with Crippen molar-refractivity contribution in [1.82, 2.24) is 9.78 Å². The number of nitrogens with zero attached hydrogens (tertiary/aromatic N) is 2. The first-order valence-electron chi connectivity index (χ1n) is 4.78. The van der Waals surface area contributed by atoms with Crippen molar-refractivity contribution in [3.8, 4) is 5.88 Å². The van der Waals surface area contributed by atoms with E-state index in [1.54, 1.807) is 6.07 Å². The molecule has 0 atom stereocenters. The number of hydrogen-bond donors (Lipinski definition) is 0. The quantitative estimate of drug-likeness (QED) is 0.552. The van der Waals surface area contributed by atoms with Gasteiger partial charge in [-0.25, -0.2) is 4.79 Å². The third-order valence-corrected chi connectivity index (χ3v) is 1.68. The van der Waals surface area contributed by atoms with Crippen LogP contribution >= 0.6 is 0 Å². The van der Waals surface area contributed by atoms with E-state index in [4.69, 9.17) is 9.47 Å². The normalized spacial score (nSPS) is 9.67. The van der Waals surface area contributed by atoms with Gasteiger partial charge in [0.1, 0.15) is 0 Å². The van der Waals surface area contributed by atoms with E-state index in [0.29, 0.717) is 12.5 Å². The number of ether oxygens (including phenoxy) is 2. The molecule has 82 valence electrons. The van der Waals surface area contributed by atoms with Gasteiger partial charge in [-0.05, 0) is 6.42 Å². The van der Waals surface area contributed by atoms with Gasteiger partial charge in [-0.1, -0.05) is 19.9 Å². The second-order valence-electron chi connectivity index (χ2n) is 2.85. The summed E-state index contributed by atoms with van der Waals surface area (Å²) in [4.78, 5) is 11.3. The van der Waals surface area contributed by atoms with Gasteiger partial charge in [-0.3, -0.25) is 0 Å². The predicted octanol–water partition coefficient (Wildman–Crippen LogP) is 2.19. The molecule has 0 N–H and O–H groups in total. The van der Waals surface area contributed by atoms with Crippen LogP contribution in [-0.4, -0.2) is 22.5 Å². The molecule has 0 saturated heterocycles. The van der Waals surface area contributed by atoms with Crippen LogP contribution in [0.25, 0.3) is 0 Å². The molecule has 0 aliphatic carbocycles. The van der Waals surface area contributed by atoms with E-state index in [2.05, 4.69) is 11.7 Å². The lowest BCUT2D eigenvalue weighted by Crippen LogP contribution is -2.14. The van der Waals surface area contributed by atoms with Crippen LogP contribution < -0.4 is 4.74 Å². The fourth-order valence-electron chi connectivity index (χ4n) is 0.927. The Morgan fingerprint density at radius 2 is 2.53 bits per heavy atom. The Kier molecular flexibility index (Phi) is 4.40. The third-order valence-electron chi connectivity index (χ3n) is 1.68. The molecule has 15 heavy (non-hydrogen) atoms. The Labute approximate surface area is 88.3 Å². The summed E-state index contributed by atoms with van der Waals surface area (Å²) in [6.07, 6.45) is 4.06. The summed E-state index contributed by atoms with van der Waals surface area (Å²) >= 11 is 0.